The number of thiophene rings is 1. The van der Waals surface area contributed by atoms with E-state index in [0.717, 1.165) is 59.6 Å². The third kappa shape index (κ3) is 5.36. The fourth-order valence-corrected chi connectivity index (χ4v) is 5.56. The monoisotopic (exact) mass is 483 g/mol. The zero-order chi connectivity index (χ0) is 22.6. The van der Waals surface area contributed by atoms with E-state index in [4.69, 9.17) is 4.74 Å². The molecule has 3 aromatic heterocycles. The largest absolute Gasteiger partial charge is 0.379 e. The molecule has 0 aliphatic carbocycles. The molecule has 33 heavy (non-hydrogen) atoms. The third-order valence-corrected chi connectivity index (χ3v) is 7.40. The SMILES string of the molecule is O=C(Nc1ccc(-c2ccc(F)cc2)nc1)c1cc2sc(NCCN3CCOCC3)nc2s1. The Balaban J connectivity index is 1.17. The minimum atomic E-state index is -0.288. The Hall–Kier alpha value is -2.92. The first-order valence-corrected chi connectivity index (χ1v) is 12.2. The minimum Gasteiger partial charge on any atom is -0.379 e. The molecule has 0 bridgehead atoms. The molecule has 0 radical (unpaired) electrons. The van der Waals surface area contributed by atoms with E-state index in [-0.39, 0.29) is 11.7 Å². The number of ether oxygens (including phenoxy) is 1. The van der Waals surface area contributed by atoms with Crippen LogP contribution >= 0.6 is 22.7 Å². The van der Waals surface area contributed by atoms with E-state index in [1.807, 2.05) is 6.07 Å². The van der Waals surface area contributed by atoms with Crippen LogP contribution in [0.5, 0.6) is 0 Å². The van der Waals surface area contributed by atoms with Gasteiger partial charge in [-0.05, 0) is 42.5 Å². The number of anilines is 2. The number of nitrogens with zero attached hydrogens (tertiary/aromatic N) is 3. The summed E-state index contributed by atoms with van der Waals surface area (Å²) in [5.74, 6) is -0.479. The molecular formula is C23H22FN5O2S2. The molecule has 1 saturated heterocycles. The van der Waals surface area contributed by atoms with Crippen molar-refractivity contribution in [3.05, 3.63) is 59.4 Å². The quantitative estimate of drug-likeness (QED) is 0.401. The van der Waals surface area contributed by atoms with Crippen LogP contribution in [0.3, 0.4) is 0 Å². The summed E-state index contributed by atoms with van der Waals surface area (Å²) in [5, 5.41) is 7.13. The number of rotatable bonds is 7. The number of aromatic nitrogens is 2. The molecule has 4 aromatic rings. The van der Waals surface area contributed by atoms with Gasteiger partial charge in [-0.3, -0.25) is 14.7 Å². The van der Waals surface area contributed by atoms with Gasteiger partial charge in [0.2, 0.25) is 0 Å². The molecule has 1 fully saturated rings. The standard InChI is InChI=1S/C23H22FN5O2S2/c24-16-3-1-15(2-4-16)18-6-5-17(14-26-18)27-21(30)19-13-20-22(32-19)28-23(33-20)25-7-8-29-9-11-31-12-10-29/h1-6,13-14H,7-12H2,(H,25,28)(H,27,30). The number of thiazole rings is 1. The number of carbonyl (C=O) groups excluding carboxylic acids is 1. The van der Waals surface area contributed by atoms with E-state index >= 15 is 0 Å². The van der Waals surface area contributed by atoms with Gasteiger partial charge in [-0.25, -0.2) is 9.37 Å². The number of nitrogens with one attached hydrogen (secondary N) is 2. The lowest BCUT2D eigenvalue weighted by Crippen LogP contribution is -2.38. The van der Waals surface area contributed by atoms with Crippen LogP contribution in [0.15, 0.2) is 48.7 Å². The smallest absolute Gasteiger partial charge is 0.265 e. The summed E-state index contributed by atoms with van der Waals surface area (Å²) in [6.45, 7) is 5.32. The summed E-state index contributed by atoms with van der Waals surface area (Å²) in [7, 11) is 0. The molecule has 0 atom stereocenters. The fourth-order valence-electron chi connectivity index (χ4n) is 3.52. The molecule has 2 N–H and O–H groups in total. The van der Waals surface area contributed by atoms with Crippen LogP contribution in [0.25, 0.3) is 20.8 Å². The average molecular weight is 484 g/mol. The number of amides is 1. The van der Waals surface area contributed by atoms with E-state index in [1.54, 1.807) is 41.8 Å². The van der Waals surface area contributed by atoms with Crippen LogP contribution in [0.2, 0.25) is 0 Å². The molecule has 7 nitrogen and oxygen atoms in total. The van der Waals surface area contributed by atoms with E-state index in [0.29, 0.717) is 16.3 Å². The van der Waals surface area contributed by atoms with Crippen molar-refractivity contribution in [2.75, 3.05) is 50.0 Å². The summed E-state index contributed by atoms with van der Waals surface area (Å²) >= 11 is 2.93. The van der Waals surface area contributed by atoms with Crippen LogP contribution in [0.4, 0.5) is 15.2 Å². The van der Waals surface area contributed by atoms with Crippen molar-refractivity contribution in [1.82, 2.24) is 14.9 Å². The zero-order valence-electron chi connectivity index (χ0n) is 17.7. The van der Waals surface area contributed by atoms with E-state index < -0.39 is 0 Å². The van der Waals surface area contributed by atoms with Crippen molar-refractivity contribution < 1.29 is 13.9 Å². The molecule has 170 valence electrons. The molecule has 1 aromatic carbocycles. The van der Waals surface area contributed by atoms with Crippen molar-refractivity contribution in [2.45, 2.75) is 0 Å². The first-order valence-electron chi connectivity index (χ1n) is 10.6. The predicted molar refractivity (Wildman–Crippen MR) is 131 cm³/mol. The lowest BCUT2D eigenvalue weighted by molar-refractivity contribution is 0.0398. The van der Waals surface area contributed by atoms with Crippen molar-refractivity contribution >= 4 is 48.9 Å². The lowest BCUT2D eigenvalue weighted by Gasteiger charge is -2.26. The molecule has 0 saturated carbocycles. The fraction of sp³-hybridized carbons (Fsp3) is 0.261. The lowest BCUT2D eigenvalue weighted by atomic mass is 10.1. The Morgan fingerprint density at radius 2 is 1.94 bits per heavy atom. The van der Waals surface area contributed by atoms with Gasteiger partial charge in [0.25, 0.3) is 5.91 Å². The molecule has 1 aliphatic rings. The number of pyridine rings is 1. The number of hydrogen-bond donors (Lipinski definition) is 2. The maximum atomic E-state index is 13.1. The normalized spacial score (nSPS) is 14.5. The highest BCUT2D eigenvalue weighted by molar-refractivity contribution is 7.29. The number of hydrogen-bond acceptors (Lipinski definition) is 8. The van der Waals surface area contributed by atoms with Gasteiger partial charge in [-0.15, -0.1) is 11.3 Å². The second kappa shape index (κ2) is 9.92. The van der Waals surface area contributed by atoms with Crippen LogP contribution < -0.4 is 10.6 Å². The average Bonchev–Trinajstić information content (AvgIpc) is 3.40. The van der Waals surface area contributed by atoms with Gasteiger partial charge >= 0.3 is 0 Å². The summed E-state index contributed by atoms with van der Waals surface area (Å²) in [6.07, 6.45) is 1.60. The summed E-state index contributed by atoms with van der Waals surface area (Å²) < 4.78 is 19.5. The first-order chi connectivity index (χ1) is 16.1. The Morgan fingerprint density at radius 1 is 1.12 bits per heavy atom. The van der Waals surface area contributed by atoms with E-state index in [2.05, 4.69) is 25.5 Å². The van der Waals surface area contributed by atoms with Gasteiger partial charge in [0, 0.05) is 31.7 Å². The maximum Gasteiger partial charge on any atom is 0.265 e. The summed E-state index contributed by atoms with van der Waals surface area (Å²) in [5.41, 5.74) is 2.12. The molecule has 10 heteroatoms. The van der Waals surface area contributed by atoms with Crippen molar-refractivity contribution in [3.63, 3.8) is 0 Å². The molecule has 1 amide bonds. The number of morpholine rings is 1. The third-order valence-electron chi connectivity index (χ3n) is 5.28. The number of halogens is 1. The Labute approximate surface area is 198 Å². The number of benzene rings is 1. The van der Waals surface area contributed by atoms with Crippen molar-refractivity contribution in [2.24, 2.45) is 0 Å². The molecule has 1 aliphatic heterocycles. The summed E-state index contributed by atoms with van der Waals surface area (Å²) in [6, 6.07) is 11.6. The van der Waals surface area contributed by atoms with Crippen molar-refractivity contribution in [3.8, 4) is 11.3 Å². The van der Waals surface area contributed by atoms with Crippen LogP contribution in [0, 0.1) is 5.82 Å². The number of fused-ring (bicyclic) bond motifs is 1. The minimum absolute atomic E-state index is 0.191. The molecule has 5 rings (SSSR count). The highest BCUT2D eigenvalue weighted by atomic mass is 32.1. The molecular weight excluding hydrogens is 461 g/mol. The van der Waals surface area contributed by atoms with Gasteiger partial charge in [-0.2, -0.15) is 0 Å². The van der Waals surface area contributed by atoms with Gasteiger partial charge in [-0.1, -0.05) is 11.3 Å². The Morgan fingerprint density at radius 3 is 2.67 bits per heavy atom. The highest BCUT2D eigenvalue weighted by Crippen LogP contribution is 2.33. The zero-order valence-corrected chi connectivity index (χ0v) is 19.3. The van der Waals surface area contributed by atoms with Gasteiger partial charge < -0.3 is 15.4 Å². The Bertz CT molecular complexity index is 1200. The van der Waals surface area contributed by atoms with Crippen LogP contribution in [-0.2, 0) is 4.74 Å². The second-order valence-electron chi connectivity index (χ2n) is 7.57. The van der Waals surface area contributed by atoms with Crippen molar-refractivity contribution in [1.29, 1.82) is 0 Å². The number of carbonyl (C=O) groups is 1. The summed E-state index contributed by atoms with van der Waals surface area (Å²) in [4.78, 5) is 25.5. The van der Waals surface area contributed by atoms with E-state index in [1.165, 1.54) is 23.5 Å². The van der Waals surface area contributed by atoms with Gasteiger partial charge in [0.15, 0.2) is 5.13 Å². The predicted octanol–water partition coefficient (Wildman–Crippen LogP) is 4.56. The van der Waals surface area contributed by atoms with Crippen LogP contribution in [-0.4, -0.2) is 60.2 Å². The van der Waals surface area contributed by atoms with Gasteiger partial charge in [0.1, 0.15) is 10.6 Å². The van der Waals surface area contributed by atoms with Crippen LogP contribution in [0.1, 0.15) is 9.67 Å². The van der Waals surface area contributed by atoms with Gasteiger partial charge in [0.05, 0.1) is 40.4 Å². The molecule has 0 spiro atoms. The topological polar surface area (TPSA) is 79.4 Å². The first kappa shape index (κ1) is 21.9. The highest BCUT2D eigenvalue weighted by Gasteiger charge is 2.15. The Kier molecular flexibility index (Phi) is 6.58. The molecule has 4 heterocycles. The maximum absolute atomic E-state index is 13.1. The second-order valence-corrected chi connectivity index (χ2v) is 9.63. The van der Waals surface area contributed by atoms with E-state index in [9.17, 15) is 9.18 Å². The molecule has 0 unspecified atom stereocenters.